The van der Waals surface area contributed by atoms with E-state index in [1.54, 1.807) is 7.11 Å². The van der Waals surface area contributed by atoms with Crippen LogP contribution in [0.4, 0.5) is 0 Å². The lowest BCUT2D eigenvalue weighted by Crippen LogP contribution is -2.24. The second-order valence-electron chi connectivity index (χ2n) is 7.85. The lowest BCUT2D eigenvalue weighted by molar-refractivity contribution is 0.169. The van der Waals surface area contributed by atoms with Crippen molar-refractivity contribution in [3.63, 3.8) is 0 Å². The first-order valence-electron chi connectivity index (χ1n) is 10.4. The van der Waals surface area contributed by atoms with E-state index in [1.807, 2.05) is 18.5 Å². The maximum Gasteiger partial charge on any atom is 0.165 e. The minimum atomic E-state index is 0.272. The number of aromatic nitrogens is 3. The van der Waals surface area contributed by atoms with Crippen LogP contribution in [0.2, 0.25) is 0 Å². The van der Waals surface area contributed by atoms with Crippen LogP contribution < -0.4 is 14.2 Å². The van der Waals surface area contributed by atoms with Crippen LogP contribution in [0.25, 0.3) is 11.1 Å². The minimum absolute atomic E-state index is 0.272. The highest BCUT2D eigenvalue weighted by Gasteiger charge is 2.29. The summed E-state index contributed by atoms with van der Waals surface area (Å²) in [5.41, 5.74) is 5.47. The van der Waals surface area contributed by atoms with Gasteiger partial charge in [0.1, 0.15) is 19.0 Å². The number of aryl methyl sites for hydroxylation is 1. The number of benzene rings is 1. The molecule has 3 aromatic rings. The van der Waals surface area contributed by atoms with E-state index in [9.17, 15) is 0 Å². The van der Waals surface area contributed by atoms with Gasteiger partial charge in [0.05, 0.1) is 25.0 Å². The number of nitrogens with zero attached hydrogens (tertiary/aromatic N) is 3. The smallest absolute Gasteiger partial charge is 0.165 e. The first-order valence-corrected chi connectivity index (χ1v) is 10.4. The molecule has 2 aliphatic heterocycles. The number of H-pyrrole nitrogens is 1. The molecule has 2 aromatic heterocycles. The molecule has 0 radical (unpaired) electrons. The Morgan fingerprint density at radius 2 is 1.97 bits per heavy atom. The van der Waals surface area contributed by atoms with Crippen LogP contribution in [-0.2, 0) is 6.54 Å². The van der Waals surface area contributed by atoms with Gasteiger partial charge in [-0.2, -0.15) is 5.10 Å². The predicted molar refractivity (Wildman–Crippen MR) is 113 cm³/mol. The molecule has 1 saturated heterocycles. The molecule has 2 aliphatic rings. The van der Waals surface area contributed by atoms with E-state index in [-0.39, 0.29) is 6.04 Å². The monoisotopic (exact) mass is 406 g/mol. The van der Waals surface area contributed by atoms with Crippen molar-refractivity contribution in [1.82, 2.24) is 20.1 Å². The van der Waals surface area contributed by atoms with Crippen LogP contribution in [0.1, 0.15) is 35.8 Å². The number of methoxy groups -OCH3 is 1. The van der Waals surface area contributed by atoms with Crippen LogP contribution in [0.5, 0.6) is 17.2 Å². The standard InChI is InChI=1S/C23H26N4O3/c1-15-8-16(18-12-24-25-13-18)9-19(26-15)20-4-3-5-27(20)14-17-10-22-23(11-21(17)28-2)30-7-6-29-22/h8-13,20H,3-7,14H2,1-2H3,(H,24,25)/t20-/m0/s1. The quantitative estimate of drug-likeness (QED) is 0.693. The molecule has 1 fully saturated rings. The van der Waals surface area contributed by atoms with E-state index in [0.717, 1.165) is 71.3 Å². The van der Waals surface area contributed by atoms with Crippen molar-refractivity contribution in [3.05, 3.63) is 53.6 Å². The van der Waals surface area contributed by atoms with Gasteiger partial charge in [0, 0.05) is 35.6 Å². The van der Waals surface area contributed by atoms with Gasteiger partial charge in [-0.25, -0.2) is 0 Å². The number of pyridine rings is 1. The molecule has 30 heavy (non-hydrogen) atoms. The van der Waals surface area contributed by atoms with Gasteiger partial charge < -0.3 is 14.2 Å². The normalized spacial score (nSPS) is 18.5. The van der Waals surface area contributed by atoms with Gasteiger partial charge in [-0.1, -0.05) is 0 Å². The van der Waals surface area contributed by atoms with Crippen molar-refractivity contribution in [2.75, 3.05) is 26.9 Å². The summed E-state index contributed by atoms with van der Waals surface area (Å²) in [5.74, 6) is 2.38. The average Bonchev–Trinajstić information content (AvgIpc) is 3.45. The first kappa shape index (κ1) is 18.9. The Labute approximate surface area is 176 Å². The van der Waals surface area contributed by atoms with Gasteiger partial charge in [-0.15, -0.1) is 0 Å². The van der Waals surface area contributed by atoms with Crippen molar-refractivity contribution in [2.45, 2.75) is 32.4 Å². The Balaban J connectivity index is 1.44. The van der Waals surface area contributed by atoms with Crippen molar-refractivity contribution in [1.29, 1.82) is 0 Å². The highest BCUT2D eigenvalue weighted by molar-refractivity contribution is 5.62. The van der Waals surface area contributed by atoms with Crippen LogP contribution >= 0.6 is 0 Å². The fourth-order valence-corrected chi connectivity index (χ4v) is 4.44. The summed E-state index contributed by atoms with van der Waals surface area (Å²) in [4.78, 5) is 7.36. The molecule has 1 N–H and O–H groups in total. The van der Waals surface area contributed by atoms with Gasteiger partial charge in [0.25, 0.3) is 0 Å². The highest BCUT2D eigenvalue weighted by atomic mass is 16.6. The Morgan fingerprint density at radius 3 is 2.73 bits per heavy atom. The summed E-state index contributed by atoms with van der Waals surface area (Å²) in [7, 11) is 1.70. The lowest BCUT2D eigenvalue weighted by atomic mass is 10.0. The molecule has 5 rings (SSSR count). The molecular weight excluding hydrogens is 380 g/mol. The van der Waals surface area contributed by atoms with Crippen molar-refractivity contribution in [2.24, 2.45) is 0 Å². The summed E-state index contributed by atoms with van der Waals surface area (Å²) >= 11 is 0. The molecular formula is C23H26N4O3. The lowest BCUT2D eigenvalue weighted by Gasteiger charge is -2.27. The fourth-order valence-electron chi connectivity index (χ4n) is 4.44. The van der Waals surface area contributed by atoms with Crippen LogP contribution in [-0.4, -0.2) is 46.9 Å². The molecule has 4 heterocycles. The summed E-state index contributed by atoms with van der Waals surface area (Å²) in [6.45, 7) is 5.01. The van der Waals surface area contributed by atoms with Crippen molar-refractivity contribution < 1.29 is 14.2 Å². The molecule has 0 unspecified atom stereocenters. The average molecular weight is 406 g/mol. The second kappa shape index (κ2) is 7.99. The number of fused-ring (bicyclic) bond motifs is 1. The molecule has 7 heteroatoms. The number of ether oxygens (including phenoxy) is 3. The van der Waals surface area contributed by atoms with Gasteiger partial charge in [-0.05, 0) is 50.1 Å². The maximum absolute atomic E-state index is 5.79. The third-order valence-electron chi connectivity index (χ3n) is 5.83. The van der Waals surface area contributed by atoms with Gasteiger partial charge in [-0.3, -0.25) is 15.0 Å². The molecule has 0 aliphatic carbocycles. The molecule has 0 saturated carbocycles. The van der Waals surface area contributed by atoms with Crippen LogP contribution in [0.15, 0.2) is 36.7 Å². The summed E-state index contributed by atoms with van der Waals surface area (Å²) in [5, 5.41) is 6.99. The maximum atomic E-state index is 5.79. The summed E-state index contributed by atoms with van der Waals surface area (Å²) in [6.07, 6.45) is 6.01. The SMILES string of the molecule is COc1cc2c(cc1CN1CCC[C@H]1c1cc(-c3cn[nH]c3)cc(C)n1)OCCO2. The number of rotatable bonds is 5. The van der Waals surface area contributed by atoms with Crippen molar-refractivity contribution >= 4 is 0 Å². The second-order valence-corrected chi connectivity index (χ2v) is 7.85. The molecule has 7 nitrogen and oxygen atoms in total. The fraction of sp³-hybridized carbons (Fsp3) is 0.391. The Morgan fingerprint density at radius 1 is 1.13 bits per heavy atom. The first-order chi connectivity index (χ1) is 14.7. The Bertz CT molecular complexity index is 1040. The van der Waals surface area contributed by atoms with Crippen LogP contribution in [0.3, 0.4) is 0 Å². The minimum Gasteiger partial charge on any atom is -0.496 e. The molecule has 1 atom stereocenters. The third kappa shape index (κ3) is 3.61. The van der Waals surface area contributed by atoms with Gasteiger partial charge >= 0.3 is 0 Å². The summed E-state index contributed by atoms with van der Waals surface area (Å²) < 4.78 is 17.2. The Hall–Kier alpha value is -3.06. The van der Waals surface area contributed by atoms with E-state index in [2.05, 4.69) is 40.2 Å². The zero-order chi connectivity index (χ0) is 20.5. The third-order valence-corrected chi connectivity index (χ3v) is 5.83. The molecule has 156 valence electrons. The summed E-state index contributed by atoms with van der Waals surface area (Å²) in [6, 6.07) is 8.58. The van der Waals surface area contributed by atoms with E-state index < -0.39 is 0 Å². The van der Waals surface area contributed by atoms with E-state index >= 15 is 0 Å². The number of aromatic amines is 1. The number of hydrogen-bond donors (Lipinski definition) is 1. The largest absolute Gasteiger partial charge is 0.496 e. The molecule has 0 spiro atoms. The number of nitrogens with one attached hydrogen (secondary N) is 1. The zero-order valence-corrected chi connectivity index (χ0v) is 17.4. The number of hydrogen-bond acceptors (Lipinski definition) is 6. The van der Waals surface area contributed by atoms with E-state index in [0.29, 0.717) is 13.2 Å². The van der Waals surface area contributed by atoms with E-state index in [1.165, 1.54) is 0 Å². The van der Waals surface area contributed by atoms with Gasteiger partial charge in [0.15, 0.2) is 11.5 Å². The van der Waals surface area contributed by atoms with Crippen LogP contribution in [0, 0.1) is 6.92 Å². The molecule has 0 bridgehead atoms. The molecule has 1 aromatic carbocycles. The number of likely N-dealkylation sites (tertiary alicyclic amines) is 1. The van der Waals surface area contributed by atoms with Crippen molar-refractivity contribution in [3.8, 4) is 28.4 Å². The topological polar surface area (TPSA) is 72.5 Å². The Kier molecular flexibility index (Phi) is 5.04. The van der Waals surface area contributed by atoms with Gasteiger partial charge in [0.2, 0.25) is 0 Å². The highest BCUT2D eigenvalue weighted by Crippen LogP contribution is 2.40. The zero-order valence-electron chi connectivity index (χ0n) is 17.4. The molecule has 0 amide bonds. The van der Waals surface area contributed by atoms with E-state index in [4.69, 9.17) is 19.2 Å². The predicted octanol–water partition coefficient (Wildman–Crippen LogP) is 3.90.